The van der Waals surface area contributed by atoms with Crippen LogP contribution in [0.1, 0.15) is 25.7 Å². The van der Waals surface area contributed by atoms with E-state index in [1.54, 1.807) is 0 Å². The first-order valence-corrected chi connectivity index (χ1v) is 7.03. The number of hydrogen-bond donors (Lipinski definition) is 1. The molecule has 1 aromatic carbocycles. The van der Waals surface area contributed by atoms with Crippen LogP contribution in [0.15, 0.2) is 18.2 Å². The summed E-state index contributed by atoms with van der Waals surface area (Å²) in [7, 11) is 2.05. The summed E-state index contributed by atoms with van der Waals surface area (Å²) >= 11 is 0. The molecule has 1 heterocycles. The molecule has 0 atom stereocenters. The number of carbonyl (C=O) groups excluding carboxylic acids is 1. The Morgan fingerprint density at radius 2 is 2.16 bits per heavy atom. The van der Waals surface area contributed by atoms with Gasteiger partial charge in [-0.05, 0) is 31.0 Å². The van der Waals surface area contributed by atoms with Crippen molar-refractivity contribution in [2.75, 3.05) is 30.4 Å². The number of likely N-dealkylation sites (N-methyl/N-ethyl adjacent to an activating group) is 1. The molecule has 0 aromatic heterocycles. The Labute approximate surface area is 113 Å². The van der Waals surface area contributed by atoms with Crippen molar-refractivity contribution in [1.82, 2.24) is 0 Å². The number of amides is 1. The van der Waals surface area contributed by atoms with Gasteiger partial charge in [0.15, 0.2) is 0 Å². The minimum Gasteiger partial charge on any atom is -0.490 e. The first-order valence-electron chi connectivity index (χ1n) is 7.03. The number of fused-ring (bicyclic) bond motifs is 1. The second kappa shape index (κ2) is 5.11. The maximum absolute atomic E-state index is 12.1. The van der Waals surface area contributed by atoms with Crippen molar-refractivity contribution < 1.29 is 9.53 Å². The second-order valence-electron chi connectivity index (χ2n) is 5.42. The summed E-state index contributed by atoms with van der Waals surface area (Å²) in [5.74, 6) is 1.26. The lowest BCUT2D eigenvalue weighted by Gasteiger charge is -2.28. The summed E-state index contributed by atoms with van der Waals surface area (Å²) in [6, 6.07) is 5.86. The first kappa shape index (κ1) is 12.3. The van der Waals surface area contributed by atoms with Crippen molar-refractivity contribution >= 4 is 17.3 Å². The minimum atomic E-state index is 0.164. The molecule has 1 aliphatic carbocycles. The largest absolute Gasteiger partial charge is 0.490 e. The van der Waals surface area contributed by atoms with Crippen molar-refractivity contribution in [3.63, 3.8) is 0 Å². The SMILES string of the molecule is CN1CCOc2ccc(NC(=O)C3CCCC3)cc21. The quantitative estimate of drug-likeness (QED) is 0.888. The van der Waals surface area contributed by atoms with E-state index in [1.165, 1.54) is 12.8 Å². The van der Waals surface area contributed by atoms with Crippen LogP contribution in [-0.4, -0.2) is 26.1 Å². The average molecular weight is 260 g/mol. The van der Waals surface area contributed by atoms with Crippen LogP contribution in [0.5, 0.6) is 5.75 Å². The van der Waals surface area contributed by atoms with Gasteiger partial charge >= 0.3 is 0 Å². The molecule has 0 unspecified atom stereocenters. The third-order valence-electron chi connectivity index (χ3n) is 4.05. The monoisotopic (exact) mass is 260 g/mol. The minimum absolute atomic E-state index is 0.164. The van der Waals surface area contributed by atoms with Crippen molar-refractivity contribution in [3.05, 3.63) is 18.2 Å². The van der Waals surface area contributed by atoms with Gasteiger partial charge in [0.05, 0.1) is 12.2 Å². The molecular weight excluding hydrogens is 240 g/mol. The zero-order valence-electron chi connectivity index (χ0n) is 11.3. The highest BCUT2D eigenvalue weighted by atomic mass is 16.5. The highest BCUT2D eigenvalue weighted by Crippen LogP contribution is 2.34. The van der Waals surface area contributed by atoms with Crippen LogP contribution in [0.2, 0.25) is 0 Å². The average Bonchev–Trinajstić information content (AvgIpc) is 2.94. The van der Waals surface area contributed by atoms with Gasteiger partial charge in [0.1, 0.15) is 12.4 Å². The molecule has 102 valence electrons. The summed E-state index contributed by atoms with van der Waals surface area (Å²) in [5, 5.41) is 3.03. The maximum atomic E-state index is 12.1. The van der Waals surface area contributed by atoms with E-state index in [1.807, 2.05) is 25.2 Å². The lowest BCUT2D eigenvalue weighted by Crippen LogP contribution is -2.29. The molecule has 4 heteroatoms. The third-order valence-corrected chi connectivity index (χ3v) is 4.05. The van der Waals surface area contributed by atoms with E-state index in [-0.39, 0.29) is 11.8 Å². The van der Waals surface area contributed by atoms with Crippen molar-refractivity contribution in [2.45, 2.75) is 25.7 Å². The van der Waals surface area contributed by atoms with Gasteiger partial charge in [0.2, 0.25) is 5.91 Å². The summed E-state index contributed by atoms with van der Waals surface area (Å²) in [6.07, 6.45) is 4.41. The molecule has 0 bridgehead atoms. The Kier molecular flexibility index (Phi) is 3.32. The van der Waals surface area contributed by atoms with Crippen LogP contribution in [0.25, 0.3) is 0 Å². The van der Waals surface area contributed by atoms with Gasteiger partial charge in [-0.25, -0.2) is 0 Å². The van der Waals surface area contributed by atoms with E-state index >= 15 is 0 Å². The maximum Gasteiger partial charge on any atom is 0.227 e. The Morgan fingerprint density at radius 3 is 2.95 bits per heavy atom. The molecule has 0 spiro atoms. The van der Waals surface area contributed by atoms with E-state index in [0.29, 0.717) is 0 Å². The first-order chi connectivity index (χ1) is 9.24. The summed E-state index contributed by atoms with van der Waals surface area (Å²) in [5.41, 5.74) is 1.92. The van der Waals surface area contributed by atoms with Gasteiger partial charge in [0, 0.05) is 18.7 Å². The van der Waals surface area contributed by atoms with Crippen LogP contribution in [-0.2, 0) is 4.79 Å². The molecule has 0 saturated heterocycles. The molecule has 3 rings (SSSR count). The number of benzene rings is 1. The number of nitrogens with zero attached hydrogens (tertiary/aromatic N) is 1. The Balaban J connectivity index is 1.74. The van der Waals surface area contributed by atoms with Crippen molar-refractivity contribution in [2.24, 2.45) is 5.92 Å². The molecule has 1 amide bonds. The molecular formula is C15H20N2O2. The number of ether oxygens (including phenoxy) is 1. The molecule has 1 aromatic rings. The van der Waals surface area contributed by atoms with E-state index < -0.39 is 0 Å². The number of hydrogen-bond acceptors (Lipinski definition) is 3. The fourth-order valence-electron chi connectivity index (χ4n) is 2.86. The van der Waals surface area contributed by atoms with Gasteiger partial charge in [-0.3, -0.25) is 4.79 Å². The van der Waals surface area contributed by atoms with Gasteiger partial charge in [-0.2, -0.15) is 0 Å². The van der Waals surface area contributed by atoms with Crippen LogP contribution in [0, 0.1) is 5.92 Å². The number of nitrogens with one attached hydrogen (secondary N) is 1. The summed E-state index contributed by atoms with van der Waals surface area (Å²) < 4.78 is 5.60. The molecule has 1 aliphatic heterocycles. The fourth-order valence-corrected chi connectivity index (χ4v) is 2.86. The van der Waals surface area contributed by atoms with Crippen molar-refractivity contribution in [1.29, 1.82) is 0 Å². The van der Waals surface area contributed by atoms with Crippen molar-refractivity contribution in [3.8, 4) is 5.75 Å². The van der Waals surface area contributed by atoms with Gasteiger partial charge in [-0.1, -0.05) is 12.8 Å². The molecule has 1 fully saturated rings. The zero-order chi connectivity index (χ0) is 13.2. The molecule has 19 heavy (non-hydrogen) atoms. The Morgan fingerprint density at radius 1 is 1.37 bits per heavy atom. The predicted octanol–water partition coefficient (Wildman–Crippen LogP) is 2.64. The highest BCUT2D eigenvalue weighted by Gasteiger charge is 2.23. The fraction of sp³-hybridized carbons (Fsp3) is 0.533. The number of rotatable bonds is 2. The summed E-state index contributed by atoms with van der Waals surface area (Å²) in [4.78, 5) is 14.3. The highest BCUT2D eigenvalue weighted by molar-refractivity contribution is 5.93. The Bertz CT molecular complexity index is 481. The van der Waals surface area contributed by atoms with E-state index in [0.717, 1.165) is 43.1 Å². The molecule has 1 saturated carbocycles. The van der Waals surface area contributed by atoms with Gasteiger partial charge < -0.3 is 15.0 Å². The number of carbonyl (C=O) groups is 1. The molecule has 0 radical (unpaired) electrons. The van der Waals surface area contributed by atoms with Crippen LogP contribution in [0.3, 0.4) is 0 Å². The summed E-state index contributed by atoms with van der Waals surface area (Å²) in [6.45, 7) is 1.60. The second-order valence-corrected chi connectivity index (χ2v) is 5.42. The lowest BCUT2D eigenvalue weighted by atomic mass is 10.1. The zero-order valence-corrected chi connectivity index (χ0v) is 11.3. The molecule has 1 N–H and O–H groups in total. The van der Waals surface area contributed by atoms with E-state index in [9.17, 15) is 4.79 Å². The third kappa shape index (κ3) is 2.53. The van der Waals surface area contributed by atoms with Crippen LogP contribution >= 0.6 is 0 Å². The smallest absolute Gasteiger partial charge is 0.227 e. The predicted molar refractivity (Wildman–Crippen MR) is 75.8 cm³/mol. The molecule has 2 aliphatic rings. The van der Waals surface area contributed by atoms with Crippen LogP contribution in [0.4, 0.5) is 11.4 Å². The number of anilines is 2. The topological polar surface area (TPSA) is 41.6 Å². The van der Waals surface area contributed by atoms with E-state index in [2.05, 4.69) is 10.2 Å². The van der Waals surface area contributed by atoms with Crippen LogP contribution < -0.4 is 15.0 Å². The van der Waals surface area contributed by atoms with E-state index in [4.69, 9.17) is 4.74 Å². The Hall–Kier alpha value is -1.71. The normalized spacial score (nSPS) is 18.9. The standard InChI is InChI=1S/C15H20N2O2/c1-17-8-9-19-14-7-6-12(10-13(14)17)16-15(18)11-4-2-3-5-11/h6-7,10-11H,2-5,8-9H2,1H3,(H,16,18). The lowest BCUT2D eigenvalue weighted by molar-refractivity contribution is -0.119. The van der Waals surface area contributed by atoms with Gasteiger partial charge in [0.25, 0.3) is 0 Å². The van der Waals surface area contributed by atoms with Gasteiger partial charge in [-0.15, -0.1) is 0 Å². The molecule has 4 nitrogen and oxygen atoms in total.